The molecule has 0 aliphatic rings. The van der Waals surface area contributed by atoms with E-state index in [1.165, 1.54) is 84.0 Å². The van der Waals surface area contributed by atoms with Gasteiger partial charge in [-0.3, -0.25) is 0 Å². The Kier molecular flexibility index (Phi) is 7.66. The first-order chi connectivity index (χ1) is 31.7. The maximum Gasteiger partial charge on any atom is 0.164 e. The van der Waals surface area contributed by atoms with Gasteiger partial charge in [0.1, 0.15) is 0 Å². The van der Waals surface area contributed by atoms with Crippen LogP contribution in [0.5, 0.6) is 0 Å². The van der Waals surface area contributed by atoms with Gasteiger partial charge in [0.2, 0.25) is 0 Å². The van der Waals surface area contributed by atoms with Crippen LogP contribution in [-0.4, -0.2) is 24.1 Å². The summed E-state index contributed by atoms with van der Waals surface area (Å²) in [6, 6.07) is 72.0. The van der Waals surface area contributed by atoms with Crippen LogP contribution in [0.15, 0.2) is 200 Å². The van der Waals surface area contributed by atoms with Gasteiger partial charge in [-0.25, -0.2) is 15.0 Å². The average Bonchev–Trinajstić information content (AvgIpc) is 4.11. The van der Waals surface area contributed by atoms with E-state index in [2.05, 4.69) is 173 Å². The molecule has 0 bridgehead atoms. The first-order valence-corrected chi connectivity index (χ1v) is 23.1. The molecule has 5 nitrogen and oxygen atoms in total. The van der Waals surface area contributed by atoms with Crippen LogP contribution in [0.3, 0.4) is 0 Å². The van der Waals surface area contributed by atoms with Gasteiger partial charge >= 0.3 is 0 Å². The van der Waals surface area contributed by atoms with Gasteiger partial charge in [-0.05, 0) is 72.8 Å². The lowest BCUT2D eigenvalue weighted by Crippen LogP contribution is -2.00. The fourth-order valence-electron chi connectivity index (χ4n) is 9.86. The fourth-order valence-corrected chi connectivity index (χ4v) is 12.2. The molecule has 64 heavy (non-hydrogen) atoms. The highest BCUT2D eigenvalue weighted by molar-refractivity contribution is 7.26. The Morgan fingerprint density at radius 2 is 0.797 bits per heavy atom. The Hall–Kier alpha value is -7.97. The molecule has 14 rings (SSSR count). The van der Waals surface area contributed by atoms with E-state index >= 15 is 0 Å². The number of nitrogens with zero attached hydrogens (tertiary/aromatic N) is 5. The van der Waals surface area contributed by atoms with Gasteiger partial charge < -0.3 is 9.13 Å². The molecule has 0 radical (unpaired) electrons. The lowest BCUT2D eigenvalue weighted by molar-refractivity contribution is 1.07. The SMILES string of the molecule is c1ccc(-c2nc(-c3ccccc3)nc(-c3ccc4sc5ccc(-n6c7ccccc7c7cc(-n8c9ccccc9c9ccc%10c%11ccccc%11sc%10c98)ccc76)cc5c4c3)n2)cc1. The van der Waals surface area contributed by atoms with Crippen LogP contribution in [0.2, 0.25) is 0 Å². The fraction of sp³-hybridized carbons (Fsp3) is 0. The molecule has 0 aliphatic heterocycles. The predicted molar refractivity (Wildman–Crippen MR) is 271 cm³/mol. The van der Waals surface area contributed by atoms with Crippen LogP contribution in [0.1, 0.15) is 0 Å². The van der Waals surface area contributed by atoms with Gasteiger partial charge in [-0.15, -0.1) is 22.7 Å². The van der Waals surface area contributed by atoms with E-state index in [-0.39, 0.29) is 0 Å². The van der Waals surface area contributed by atoms with Gasteiger partial charge in [-0.2, -0.15) is 0 Å². The van der Waals surface area contributed by atoms with E-state index in [4.69, 9.17) is 15.0 Å². The maximum absolute atomic E-state index is 5.06. The smallest absolute Gasteiger partial charge is 0.164 e. The quantitative estimate of drug-likeness (QED) is 0.173. The van der Waals surface area contributed by atoms with Crippen molar-refractivity contribution in [3.63, 3.8) is 0 Å². The number of para-hydroxylation sites is 2. The van der Waals surface area contributed by atoms with Crippen LogP contribution in [-0.2, 0) is 0 Å². The Labute approximate surface area is 374 Å². The molecule has 298 valence electrons. The summed E-state index contributed by atoms with van der Waals surface area (Å²) in [5.41, 5.74) is 9.97. The maximum atomic E-state index is 5.06. The molecule has 0 saturated carbocycles. The van der Waals surface area contributed by atoms with E-state index < -0.39 is 0 Å². The third-order valence-corrected chi connectivity index (χ3v) is 15.1. The first-order valence-electron chi connectivity index (χ1n) is 21.4. The molecule has 0 spiro atoms. The number of fused-ring (bicyclic) bond motifs is 13. The molecule has 5 aromatic heterocycles. The van der Waals surface area contributed by atoms with E-state index in [1.54, 1.807) is 0 Å². The van der Waals surface area contributed by atoms with Gasteiger partial charge in [-0.1, -0.05) is 127 Å². The molecule has 0 unspecified atom stereocenters. The van der Waals surface area contributed by atoms with Crippen molar-refractivity contribution in [1.29, 1.82) is 0 Å². The summed E-state index contributed by atoms with van der Waals surface area (Å²) in [6.07, 6.45) is 0. The van der Waals surface area contributed by atoms with Crippen LogP contribution < -0.4 is 0 Å². The number of thiophene rings is 2. The van der Waals surface area contributed by atoms with Crippen molar-refractivity contribution in [2.45, 2.75) is 0 Å². The zero-order valence-electron chi connectivity index (χ0n) is 34.1. The van der Waals surface area contributed by atoms with Crippen LogP contribution >= 0.6 is 22.7 Å². The van der Waals surface area contributed by atoms with Gasteiger partial charge in [0.25, 0.3) is 0 Å². The molecule has 0 aliphatic carbocycles. The molecular weight excluding hydrogens is 819 g/mol. The molecule has 14 aromatic rings. The summed E-state index contributed by atoms with van der Waals surface area (Å²) < 4.78 is 10.0. The molecule has 0 saturated heterocycles. The number of hydrogen-bond acceptors (Lipinski definition) is 5. The highest BCUT2D eigenvalue weighted by Crippen LogP contribution is 2.44. The van der Waals surface area contributed by atoms with Crippen molar-refractivity contribution in [3.8, 4) is 45.5 Å². The Bertz CT molecular complexity index is 4140. The summed E-state index contributed by atoms with van der Waals surface area (Å²) in [6.45, 7) is 0. The minimum Gasteiger partial charge on any atom is -0.309 e. The first kappa shape index (κ1) is 35.6. The van der Waals surface area contributed by atoms with E-state index in [0.717, 1.165) is 28.1 Å². The molecule has 5 heterocycles. The normalized spacial score (nSPS) is 12.1. The van der Waals surface area contributed by atoms with Gasteiger partial charge in [0.15, 0.2) is 17.5 Å². The summed E-state index contributed by atoms with van der Waals surface area (Å²) in [4.78, 5) is 15.0. The molecule has 0 atom stereocenters. The standard InChI is InChI=1S/C57H33N5S2/c1-3-13-34(14-4-1)55-58-56(35-15-5-2-6-16-35)60-57(59-55)36-23-29-51-45(31-36)46-33-37(25-30-52(46)63-51)61-47-20-10-8-18-40(47)44-32-38(24-28-49(44)61)62-48-21-11-7-17-39(48)42-26-27-43-41-19-9-12-22-50(41)64-54(43)53(42)62/h1-33H. The van der Waals surface area contributed by atoms with E-state index in [0.29, 0.717) is 17.5 Å². The van der Waals surface area contributed by atoms with Crippen LogP contribution in [0.4, 0.5) is 0 Å². The van der Waals surface area contributed by atoms with Crippen molar-refractivity contribution >= 4 is 107 Å². The van der Waals surface area contributed by atoms with Gasteiger partial charge in [0.05, 0.1) is 26.8 Å². The Morgan fingerprint density at radius 3 is 1.53 bits per heavy atom. The zero-order chi connectivity index (χ0) is 41.9. The van der Waals surface area contributed by atoms with Crippen LogP contribution in [0, 0.1) is 0 Å². The second kappa shape index (κ2) is 13.8. The lowest BCUT2D eigenvalue weighted by Gasteiger charge is -2.11. The molecule has 0 N–H and O–H groups in total. The van der Waals surface area contributed by atoms with E-state index in [1.807, 2.05) is 59.1 Å². The lowest BCUT2D eigenvalue weighted by atomic mass is 10.1. The third-order valence-electron chi connectivity index (χ3n) is 12.8. The highest BCUT2D eigenvalue weighted by Gasteiger charge is 2.21. The molecule has 9 aromatic carbocycles. The summed E-state index contributed by atoms with van der Waals surface area (Å²) in [7, 11) is 0. The second-order valence-electron chi connectivity index (χ2n) is 16.4. The minimum absolute atomic E-state index is 0.652. The predicted octanol–water partition coefficient (Wildman–Crippen LogP) is 15.8. The third kappa shape index (κ3) is 5.32. The Balaban J connectivity index is 0.947. The molecule has 0 fully saturated rings. The highest BCUT2D eigenvalue weighted by atomic mass is 32.1. The van der Waals surface area contributed by atoms with E-state index in [9.17, 15) is 0 Å². The largest absolute Gasteiger partial charge is 0.309 e. The van der Waals surface area contributed by atoms with Crippen molar-refractivity contribution in [2.75, 3.05) is 0 Å². The van der Waals surface area contributed by atoms with Crippen molar-refractivity contribution in [2.24, 2.45) is 0 Å². The Morgan fingerprint density at radius 1 is 0.297 bits per heavy atom. The summed E-state index contributed by atoms with van der Waals surface area (Å²) in [5.74, 6) is 1.96. The summed E-state index contributed by atoms with van der Waals surface area (Å²) in [5, 5.41) is 10.0. The monoisotopic (exact) mass is 851 g/mol. The van der Waals surface area contributed by atoms with Crippen LogP contribution in [0.25, 0.3) is 129 Å². The minimum atomic E-state index is 0.652. The number of hydrogen-bond donors (Lipinski definition) is 0. The van der Waals surface area contributed by atoms with Crippen molar-refractivity contribution in [1.82, 2.24) is 24.1 Å². The zero-order valence-corrected chi connectivity index (χ0v) is 35.7. The topological polar surface area (TPSA) is 48.5 Å². The number of rotatable bonds is 5. The second-order valence-corrected chi connectivity index (χ2v) is 18.5. The number of benzene rings is 9. The average molecular weight is 852 g/mol. The summed E-state index contributed by atoms with van der Waals surface area (Å²) >= 11 is 3.71. The number of aromatic nitrogens is 5. The van der Waals surface area contributed by atoms with Crippen molar-refractivity contribution in [3.05, 3.63) is 200 Å². The van der Waals surface area contributed by atoms with Crippen molar-refractivity contribution < 1.29 is 0 Å². The van der Waals surface area contributed by atoms with Gasteiger partial charge in [0, 0.05) is 85.3 Å². The molecule has 7 heteroatoms. The molecule has 0 amide bonds. The molecular formula is C57H33N5S2.